The summed E-state index contributed by atoms with van der Waals surface area (Å²) >= 11 is 0. The van der Waals surface area contributed by atoms with Crippen molar-refractivity contribution in [3.8, 4) is 0 Å². The Morgan fingerprint density at radius 3 is 2.54 bits per heavy atom. The monoisotopic (exact) mass is 185 g/mol. The molecule has 0 heterocycles. The maximum Gasteiger partial charge on any atom is 0.416 e. The van der Waals surface area contributed by atoms with Crippen molar-refractivity contribution in [3.63, 3.8) is 0 Å². The molecule has 0 aliphatic rings. The topological polar surface area (TPSA) is 23.9 Å². The van der Waals surface area contributed by atoms with Crippen LogP contribution in [0.2, 0.25) is 0 Å². The molecule has 1 aromatic carbocycles. The quantitative estimate of drug-likeness (QED) is 0.650. The van der Waals surface area contributed by atoms with Gasteiger partial charge in [0.15, 0.2) is 0 Å². The van der Waals surface area contributed by atoms with Crippen LogP contribution in [0.4, 0.5) is 13.2 Å². The molecule has 1 rings (SSSR count). The van der Waals surface area contributed by atoms with E-state index in [0.29, 0.717) is 5.56 Å². The van der Waals surface area contributed by atoms with Gasteiger partial charge in [-0.25, -0.2) is 0 Å². The number of nitrogens with one attached hydrogen (secondary N) is 1. The van der Waals surface area contributed by atoms with Crippen molar-refractivity contribution in [3.05, 3.63) is 35.4 Å². The van der Waals surface area contributed by atoms with Gasteiger partial charge in [-0.2, -0.15) is 13.2 Å². The van der Waals surface area contributed by atoms with E-state index in [1.54, 1.807) is 0 Å². The molecule has 0 saturated carbocycles. The van der Waals surface area contributed by atoms with Crippen molar-refractivity contribution in [2.45, 2.75) is 6.18 Å². The van der Waals surface area contributed by atoms with Crippen molar-refractivity contribution in [1.29, 1.82) is 5.41 Å². The average Bonchev–Trinajstić information content (AvgIpc) is 2.04. The van der Waals surface area contributed by atoms with Gasteiger partial charge in [0.25, 0.3) is 0 Å². The molecule has 13 heavy (non-hydrogen) atoms. The fourth-order valence-electron chi connectivity index (χ4n) is 0.888. The minimum Gasteiger partial charge on any atom is -0.259 e. The van der Waals surface area contributed by atoms with E-state index < -0.39 is 11.7 Å². The zero-order valence-corrected chi connectivity index (χ0v) is 6.52. The first-order valence-electron chi connectivity index (χ1n) is 3.47. The van der Waals surface area contributed by atoms with E-state index in [1.165, 1.54) is 18.2 Å². The molecule has 4 heteroatoms. The number of hydrogen-bond acceptors (Lipinski definition) is 1. The fraction of sp³-hybridized carbons (Fsp3) is 0.111. The van der Waals surface area contributed by atoms with E-state index in [0.717, 1.165) is 12.1 Å². The molecule has 0 aliphatic carbocycles. The van der Waals surface area contributed by atoms with E-state index in [9.17, 15) is 13.2 Å². The zero-order valence-electron chi connectivity index (χ0n) is 6.52. The van der Waals surface area contributed by atoms with Crippen LogP contribution in [0.1, 0.15) is 11.1 Å². The van der Waals surface area contributed by atoms with Crippen LogP contribution < -0.4 is 0 Å². The third-order valence-electron chi connectivity index (χ3n) is 1.45. The Bertz CT molecular complexity index is 348. The van der Waals surface area contributed by atoms with Crippen LogP contribution in [0.25, 0.3) is 6.08 Å². The van der Waals surface area contributed by atoms with Gasteiger partial charge in [0, 0.05) is 6.08 Å². The molecule has 0 fully saturated rings. The van der Waals surface area contributed by atoms with Gasteiger partial charge in [-0.05, 0) is 23.6 Å². The van der Waals surface area contributed by atoms with Gasteiger partial charge in [0.05, 0.1) is 5.56 Å². The van der Waals surface area contributed by atoms with Gasteiger partial charge in [-0.1, -0.05) is 12.1 Å². The molecule has 0 bridgehead atoms. The zero-order chi connectivity index (χ0) is 9.90. The van der Waals surface area contributed by atoms with Gasteiger partial charge in [-0.3, -0.25) is 5.41 Å². The smallest absolute Gasteiger partial charge is 0.259 e. The summed E-state index contributed by atoms with van der Waals surface area (Å²) < 4.78 is 36.4. The number of halogens is 3. The number of alkyl halides is 3. The highest BCUT2D eigenvalue weighted by molar-refractivity contribution is 5.75. The molecule has 1 N–H and O–H groups in total. The summed E-state index contributed by atoms with van der Waals surface area (Å²) in [6.45, 7) is 0. The second kappa shape index (κ2) is 3.46. The molecule has 0 atom stereocenters. The van der Waals surface area contributed by atoms with Gasteiger partial charge >= 0.3 is 6.18 Å². The van der Waals surface area contributed by atoms with Gasteiger partial charge in [0.2, 0.25) is 0 Å². The standard InChI is InChI=1S/C9H6F3N/c10-9(11,12)8-3-1-2-7(6-8)4-5-13/h1-4,6,13H. The highest BCUT2D eigenvalue weighted by Crippen LogP contribution is 2.29. The molecule has 1 nitrogen and oxygen atoms in total. The highest BCUT2D eigenvalue weighted by atomic mass is 19.4. The summed E-state index contributed by atoms with van der Waals surface area (Å²) in [5, 5.41) is 6.58. The first-order valence-corrected chi connectivity index (χ1v) is 3.47. The Kier molecular flexibility index (Phi) is 2.54. The van der Waals surface area contributed by atoms with Crippen LogP contribution in [0.5, 0.6) is 0 Å². The van der Waals surface area contributed by atoms with Gasteiger partial charge in [-0.15, -0.1) is 0 Å². The minimum atomic E-state index is -4.33. The van der Waals surface area contributed by atoms with Crippen molar-refractivity contribution >= 4 is 11.9 Å². The molecule has 0 amide bonds. The Morgan fingerprint density at radius 1 is 1.31 bits per heavy atom. The number of hydrogen-bond donors (Lipinski definition) is 1. The first kappa shape index (κ1) is 9.55. The molecule has 0 spiro atoms. The summed E-state index contributed by atoms with van der Waals surface area (Å²) in [6, 6.07) is 4.74. The predicted octanol–water partition coefficient (Wildman–Crippen LogP) is 2.97. The predicted molar refractivity (Wildman–Crippen MR) is 43.6 cm³/mol. The van der Waals surface area contributed by atoms with Crippen LogP contribution in [0.15, 0.2) is 24.3 Å². The largest absolute Gasteiger partial charge is 0.416 e. The molecule has 1 aromatic rings. The lowest BCUT2D eigenvalue weighted by molar-refractivity contribution is -0.137. The highest BCUT2D eigenvalue weighted by Gasteiger charge is 2.30. The Morgan fingerprint density at radius 2 is 2.00 bits per heavy atom. The van der Waals surface area contributed by atoms with E-state index in [2.05, 4.69) is 0 Å². The van der Waals surface area contributed by atoms with Crippen LogP contribution in [-0.4, -0.2) is 5.87 Å². The van der Waals surface area contributed by atoms with Crippen LogP contribution >= 0.6 is 0 Å². The van der Waals surface area contributed by atoms with Gasteiger partial charge in [0.1, 0.15) is 0 Å². The van der Waals surface area contributed by atoms with Crippen LogP contribution in [-0.2, 0) is 6.18 Å². The van der Waals surface area contributed by atoms with E-state index in [4.69, 9.17) is 5.41 Å². The summed E-state index contributed by atoms with van der Waals surface area (Å²) in [6.07, 6.45) is -3.15. The van der Waals surface area contributed by atoms with Crippen LogP contribution in [0.3, 0.4) is 0 Å². The van der Waals surface area contributed by atoms with E-state index in [1.807, 2.05) is 5.87 Å². The summed E-state index contributed by atoms with van der Waals surface area (Å²) in [5.41, 5.74) is -0.388. The maximum absolute atomic E-state index is 12.1. The van der Waals surface area contributed by atoms with E-state index in [-0.39, 0.29) is 0 Å². The Balaban J connectivity index is 3.12. The minimum absolute atomic E-state index is 0.324. The third kappa shape index (κ3) is 2.46. The second-order valence-corrected chi connectivity index (χ2v) is 2.41. The molecule has 0 unspecified atom stereocenters. The fourth-order valence-corrected chi connectivity index (χ4v) is 0.888. The third-order valence-corrected chi connectivity index (χ3v) is 1.45. The number of benzene rings is 1. The lowest BCUT2D eigenvalue weighted by Crippen LogP contribution is -2.04. The molecule has 0 saturated heterocycles. The van der Waals surface area contributed by atoms with Crippen molar-refractivity contribution in [2.75, 3.05) is 0 Å². The average molecular weight is 185 g/mol. The first-order chi connectivity index (χ1) is 6.04. The van der Waals surface area contributed by atoms with Crippen molar-refractivity contribution in [1.82, 2.24) is 0 Å². The lowest BCUT2D eigenvalue weighted by Gasteiger charge is -2.05. The summed E-state index contributed by atoms with van der Waals surface area (Å²) in [7, 11) is 0. The Hall–Kier alpha value is -1.54. The Labute approximate surface area is 73.0 Å². The van der Waals surface area contributed by atoms with Crippen molar-refractivity contribution in [2.24, 2.45) is 0 Å². The van der Waals surface area contributed by atoms with Crippen molar-refractivity contribution < 1.29 is 13.2 Å². The summed E-state index contributed by atoms with van der Waals surface area (Å²) in [4.78, 5) is 0. The second-order valence-electron chi connectivity index (χ2n) is 2.41. The van der Waals surface area contributed by atoms with E-state index >= 15 is 0 Å². The normalized spacial score (nSPS) is 10.7. The summed E-state index contributed by atoms with van der Waals surface area (Å²) in [5.74, 6) is 1.92. The molecule has 0 aliphatic heterocycles. The SMILES string of the molecule is N=C=Cc1cccc(C(F)(F)F)c1. The molecular weight excluding hydrogens is 179 g/mol. The van der Waals surface area contributed by atoms with Gasteiger partial charge < -0.3 is 0 Å². The lowest BCUT2D eigenvalue weighted by atomic mass is 10.1. The van der Waals surface area contributed by atoms with Crippen LogP contribution in [0, 0.1) is 5.41 Å². The molecule has 68 valence electrons. The molecule has 0 aromatic heterocycles. The molecule has 0 radical (unpaired) electrons. The maximum atomic E-state index is 12.1. The number of rotatable bonds is 1. The molecular formula is C9H6F3N.